The lowest BCUT2D eigenvalue weighted by Crippen LogP contribution is -2.28. The molecule has 0 bridgehead atoms. The molecular formula is C9H18FN. The highest BCUT2D eigenvalue weighted by atomic mass is 19.1. The Labute approximate surface area is 68.5 Å². The molecule has 0 saturated carbocycles. The number of nitrogens with two attached hydrogens (primary N) is 1. The van der Waals surface area contributed by atoms with Crippen molar-refractivity contribution in [3.63, 3.8) is 0 Å². The SMILES string of the molecule is C=CCC(F)C(CN)C(C)C. The van der Waals surface area contributed by atoms with Crippen LogP contribution in [-0.4, -0.2) is 12.7 Å². The molecule has 1 nitrogen and oxygen atoms in total. The number of alkyl halides is 1. The maximum Gasteiger partial charge on any atom is 0.108 e. The van der Waals surface area contributed by atoms with Gasteiger partial charge < -0.3 is 5.73 Å². The largest absolute Gasteiger partial charge is 0.330 e. The summed E-state index contributed by atoms with van der Waals surface area (Å²) in [5.74, 6) is 0.294. The summed E-state index contributed by atoms with van der Waals surface area (Å²) in [7, 11) is 0. The maximum atomic E-state index is 13.2. The standard InChI is InChI=1S/C9H18FN/c1-4-5-9(10)8(6-11)7(2)3/h4,7-9H,1,5-6,11H2,2-3H3. The van der Waals surface area contributed by atoms with Crippen LogP contribution in [0.25, 0.3) is 0 Å². The predicted octanol–water partition coefficient (Wildman–Crippen LogP) is 2.13. The maximum absolute atomic E-state index is 13.2. The Balaban J connectivity index is 3.90. The highest BCUT2D eigenvalue weighted by Crippen LogP contribution is 2.19. The topological polar surface area (TPSA) is 26.0 Å². The Hall–Kier alpha value is -0.370. The molecule has 2 atom stereocenters. The molecule has 2 heteroatoms. The van der Waals surface area contributed by atoms with E-state index in [2.05, 4.69) is 6.58 Å². The van der Waals surface area contributed by atoms with E-state index in [0.29, 0.717) is 18.9 Å². The van der Waals surface area contributed by atoms with Gasteiger partial charge in [-0.05, 0) is 18.9 Å². The van der Waals surface area contributed by atoms with Crippen molar-refractivity contribution in [1.82, 2.24) is 0 Å². The smallest absolute Gasteiger partial charge is 0.108 e. The summed E-state index contributed by atoms with van der Waals surface area (Å²) in [5.41, 5.74) is 5.43. The average Bonchev–Trinajstić information content (AvgIpc) is 1.88. The van der Waals surface area contributed by atoms with Crippen LogP contribution >= 0.6 is 0 Å². The Bertz CT molecular complexity index is 112. The molecule has 0 aromatic carbocycles. The normalized spacial score (nSPS) is 16.5. The van der Waals surface area contributed by atoms with Crippen LogP contribution in [0.5, 0.6) is 0 Å². The first-order chi connectivity index (χ1) is 5.13. The van der Waals surface area contributed by atoms with E-state index in [1.165, 1.54) is 0 Å². The quantitative estimate of drug-likeness (QED) is 0.611. The fourth-order valence-corrected chi connectivity index (χ4v) is 1.17. The molecule has 0 amide bonds. The van der Waals surface area contributed by atoms with Crippen molar-refractivity contribution < 1.29 is 4.39 Å². The Morgan fingerprint density at radius 1 is 1.55 bits per heavy atom. The second-order valence-electron chi connectivity index (χ2n) is 3.18. The van der Waals surface area contributed by atoms with Crippen LogP contribution in [-0.2, 0) is 0 Å². The molecule has 66 valence electrons. The molecule has 0 aliphatic heterocycles. The van der Waals surface area contributed by atoms with Crippen LogP contribution in [0.3, 0.4) is 0 Å². The molecule has 0 radical (unpaired) electrons. The van der Waals surface area contributed by atoms with Gasteiger partial charge in [-0.15, -0.1) is 6.58 Å². The molecule has 2 N–H and O–H groups in total. The van der Waals surface area contributed by atoms with Gasteiger partial charge in [0.15, 0.2) is 0 Å². The van der Waals surface area contributed by atoms with Crippen LogP contribution in [0, 0.1) is 11.8 Å². The third-order valence-corrected chi connectivity index (χ3v) is 1.98. The van der Waals surface area contributed by atoms with Crippen molar-refractivity contribution in [2.24, 2.45) is 17.6 Å². The summed E-state index contributed by atoms with van der Waals surface area (Å²) in [6.45, 7) is 7.91. The summed E-state index contributed by atoms with van der Waals surface area (Å²) in [6, 6.07) is 0. The van der Waals surface area contributed by atoms with Crippen LogP contribution < -0.4 is 5.73 Å². The first kappa shape index (κ1) is 10.6. The molecule has 0 saturated heterocycles. The van der Waals surface area contributed by atoms with Crippen molar-refractivity contribution in [2.45, 2.75) is 26.4 Å². The van der Waals surface area contributed by atoms with Crippen molar-refractivity contribution in [3.05, 3.63) is 12.7 Å². The van der Waals surface area contributed by atoms with Gasteiger partial charge in [0.05, 0.1) is 0 Å². The number of rotatable bonds is 5. The van der Waals surface area contributed by atoms with E-state index < -0.39 is 6.17 Å². The molecule has 0 fully saturated rings. The minimum Gasteiger partial charge on any atom is -0.330 e. The lowest BCUT2D eigenvalue weighted by molar-refractivity contribution is 0.188. The molecule has 0 spiro atoms. The van der Waals surface area contributed by atoms with Gasteiger partial charge in [-0.2, -0.15) is 0 Å². The van der Waals surface area contributed by atoms with E-state index in [9.17, 15) is 4.39 Å². The van der Waals surface area contributed by atoms with Gasteiger partial charge in [0.1, 0.15) is 6.17 Å². The van der Waals surface area contributed by atoms with E-state index >= 15 is 0 Å². The highest BCUT2D eigenvalue weighted by molar-refractivity contribution is 4.80. The molecule has 0 aromatic heterocycles. The summed E-state index contributed by atoms with van der Waals surface area (Å²) in [6.07, 6.45) is 1.20. The summed E-state index contributed by atoms with van der Waals surface area (Å²) in [4.78, 5) is 0. The predicted molar refractivity (Wildman–Crippen MR) is 47.1 cm³/mol. The first-order valence-corrected chi connectivity index (χ1v) is 4.08. The van der Waals surface area contributed by atoms with Gasteiger partial charge in [0, 0.05) is 5.92 Å². The highest BCUT2D eigenvalue weighted by Gasteiger charge is 2.21. The van der Waals surface area contributed by atoms with Crippen LogP contribution in [0.4, 0.5) is 4.39 Å². The second kappa shape index (κ2) is 5.30. The zero-order valence-corrected chi connectivity index (χ0v) is 7.39. The second-order valence-corrected chi connectivity index (χ2v) is 3.18. The average molecular weight is 159 g/mol. The van der Waals surface area contributed by atoms with Crippen LogP contribution in [0.15, 0.2) is 12.7 Å². The van der Waals surface area contributed by atoms with E-state index in [1.807, 2.05) is 13.8 Å². The van der Waals surface area contributed by atoms with Crippen LogP contribution in [0.2, 0.25) is 0 Å². The number of halogens is 1. The third kappa shape index (κ3) is 3.51. The molecular weight excluding hydrogens is 141 g/mol. The number of hydrogen-bond acceptors (Lipinski definition) is 1. The first-order valence-electron chi connectivity index (χ1n) is 4.08. The fourth-order valence-electron chi connectivity index (χ4n) is 1.17. The van der Waals surface area contributed by atoms with Gasteiger partial charge in [-0.1, -0.05) is 19.9 Å². The van der Waals surface area contributed by atoms with Crippen molar-refractivity contribution >= 4 is 0 Å². The minimum atomic E-state index is -0.822. The van der Waals surface area contributed by atoms with Gasteiger partial charge in [0.2, 0.25) is 0 Å². The molecule has 0 heterocycles. The van der Waals surface area contributed by atoms with E-state index in [-0.39, 0.29) is 5.92 Å². The van der Waals surface area contributed by atoms with Gasteiger partial charge in [-0.3, -0.25) is 0 Å². The Kier molecular flexibility index (Phi) is 5.12. The van der Waals surface area contributed by atoms with Crippen molar-refractivity contribution in [2.75, 3.05) is 6.54 Å². The molecule has 2 unspecified atom stereocenters. The summed E-state index contributed by atoms with van der Waals surface area (Å²) >= 11 is 0. The van der Waals surface area contributed by atoms with Crippen molar-refractivity contribution in [1.29, 1.82) is 0 Å². The number of hydrogen-bond donors (Lipinski definition) is 1. The molecule has 0 aromatic rings. The van der Waals surface area contributed by atoms with E-state index in [0.717, 1.165) is 0 Å². The molecule has 0 aliphatic carbocycles. The monoisotopic (exact) mass is 159 g/mol. The fraction of sp³-hybridized carbons (Fsp3) is 0.778. The third-order valence-electron chi connectivity index (χ3n) is 1.98. The zero-order chi connectivity index (χ0) is 8.85. The Morgan fingerprint density at radius 2 is 2.09 bits per heavy atom. The van der Waals surface area contributed by atoms with E-state index in [4.69, 9.17) is 5.73 Å². The van der Waals surface area contributed by atoms with Crippen LogP contribution in [0.1, 0.15) is 20.3 Å². The van der Waals surface area contributed by atoms with Crippen molar-refractivity contribution in [3.8, 4) is 0 Å². The molecule has 11 heavy (non-hydrogen) atoms. The summed E-state index contributed by atoms with van der Waals surface area (Å²) in [5, 5.41) is 0. The minimum absolute atomic E-state index is 0.0204. The molecule has 0 aliphatic rings. The molecule has 0 rings (SSSR count). The Morgan fingerprint density at radius 3 is 2.36 bits per heavy atom. The lowest BCUT2D eigenvalue weighted by atomic mass is 9.90. The van der Waals surface area contributed by atoms with Gasteiger partial charge in [0.25, 0.3) is 0 Å². The van der Waals surface area contributed by atoms with E-state index in [1.54, 1.807) is 6.08 Å². The van der Waals surface area contributed by atoms with Gasteiger partial charge >= 0.3 is 0 Å². The van der Waals surface area contributed by atoms with Gasteiger partial charge in [-0.25, -0.2) is 4.39 Å². The summed E-state index contributed by atoms with van der Waals surface area (Å²) < 4.78 is 13.2. The zero-order valence-electron chi connectivity index (χ0n) is 7.39. The number of allylic oxidation sites excluding steroid dienone is 1. The lowest BCUT2D eigenvalue weighted by Gasteiger charge is -2.21.